The first-order chi connectivity index (χ1) is 15.9. The number of hydrogen-bond acceptors (Lipinski definition) is 7. The van der Waals surface area contributed by atoms with Crippen LogP contribution in [-0.2, 0) is 28.3 Å². The third-order valence-electron chi connectivity index (χ3n) is 5.17. The lowest BCUT2D eigenvalue weighted by Crippen LogP contribution is -2.47. The van der Waals surface area contributed by atoms with Crippen molar-refractivity contribution in [2.45, 2.75) is 31.5 Å². The molecule has 176 valence electrons. The predicted molar refractivity (Wildman–Crippen MR) is 121 cm³/mol. The average Bonchev–Trinajstić information content (AvgIpc) is 3.14. The second-order valence-electron chi connectivity index (χ2n) is 7.20. The van der Waals surface area contributed by atoms with Gasteiger partial charge in [0.05, 0.1) is 19.8 Å². The highest BCUT2D eigenvalue weighted by Crippen LogP contribution is 2.44. The summed E-state index contributed by atoms with van der Waals surface area (Å²) in [6, 6.07) is 14.3. The molecule has 33 heavy (non-hydrogen) atoms. The fraction of sp³-hybridized carbons (Fsp3) is 0.391. The van der Waals surface area contributed by atoms with Crippen LogP contribution in [0.4, 0.5) is 4.79 Å². The number of alkyl carbamates (subject to hydrolysis) is 1. The molecular formula is C23H27NO8P+. The van der Waals surface area contributed by atoms with Crippen LogP contribution < -0.4 is 5.32 Å². The van der Waals surface area contributed by atoms with Crippen molar-refractivity contribution >= 4 is 20.5 Å². The fourth-order valence-electron chi connectivity index (χ4n) is 3.74. The Bertz CT molecular complexity index is 946. The quantitative estimate of drug-likeness (QED) is 0.351. The maximum Gasteiger partial charge on any atom is 0.496 e. The summed E-state index contributed by atoms with van der Waals surface area (Å²) in [4.78, 5) is 24.0. The van der Waals surface area contributed by atoms with E-state index < -0.39 is 38.9 Å². The third kappa shape index (κ3) is 5.75. The van der Waals surface area contributed by atoms with Gasteiger partial charge in [0, 0.05) is 5.92 Å². The summed E-state index contributed by atoms with van der Waals surface area (Å²) in [6.07, 6.45) is -0.907. The molecule has 0 bridgehead atoms. The summed E-state index contributed by atoms with van der Waals surface area (Å²) in [7, 11) is -1.16. The number of nitrogens with one attached hydrogen (secondary N) is 1. The molecule has 3 rings (SSSR count). The van der Waals surface area contributed by atoms with Gasteiger partial charge in [-0.05, 0) is 36.1 Å². The SMILES string of the molecule is CCOC(OCC)(OCC(NC(=O)OCC1c2ccccc2-c2ccccc21)C(=O)O)[PH+]=O. The Kier molecular flexibility index (Phi) is 8.52. The summed E-state index contributed by atoms with van der Waals surface area (Å²) in [5.41, 5.74) is 2.36. The molecule has 2 aromatic carbocycles. The normalized spacial score (nSPS) is 13.9. The molecule has 0 fully saturated rings. The maximum absolute atomic E-state index is 12.4. The number of hydrogen-bond donors (Lipinski definition) is 2. The molecule has 0 aliphatic heterocycles. The van der Waals surface area contributed by atoms with Crippen LogP contribution in [0.15, 0.2) is 48.5 Å². The molecule has 2 aromatic rings. The van der Waals surface area contributed by atoms with Crippen LogP contribution in [0, 0.1) is 0 Å². The van der Waals surface area contributed by atoms with Crippen molar-refractivity contribution in [1.29, 1.82) is 0 Å². The van der Waals surface area contributed by atoms with Crippen LogP contribution in [0.25, 0.3) is 11.1 Å². The van der Waals surface area contributed by atoms with Crippen LogP contribution in [0.3, 0.4) is 0 Å². The number of rotatable bonds is 12. The Labute approximate surface area is 193 Å². The lowest BCUT2D eigenvalue weighted by atomic mass is 9.98. The van der Waals surface area contributed by atoms with E-state index in [-0.39, 0.29) is 25.7 Å². The van der Waals surface area contributed by atoms with Gasteiger partial charge in [0.25, 0.3) is 0 Å². The molecule has 0 saturated carbocycles. The lowest BCUT2D eigenvalue weighted by Gasteiger charge is -2.22. The van der Waals surface area contributed by atoms with Crippen molar-refractivity contribution in [2.75, 3.05) is 26.4 Å². The number of aliphatic carboxylic acids is 1. The van der Waals surface area contributed by atoms with Gasteiger partial charge < -0.3 is 15.2 Å². The first-order valence-electron chi connectivity index (χ1n) is 10.6. The number of ether oxygens (including phenoxy) is 4. The van der Waals surface area contributed by atoms with Gasteiger partial charge in [0.2, 0.25) is 0 Å². The minimum atomic E-state index is -1.89. The highest BCUT2D eigenvalue weighted by Gasteiger charge is 2.45. The molecule has 2 unspecified atom stereocenters. The van der Waals surface area contributed by atoms with E-state index in [0.29, 0.717) is 0 Å². The van der Waals surface area contributed by atoms with Crippen molar-refractivity contribution in [3.63, 3.8) is 0 Å². The van der Waals surface area contributed by atoms with Crippen LogP contribution in [0.5, 0.6) is 0 Å². The average molecular weight is 476 g/mol. The van der Waals surface area contributed by atoms with Gasteiger partial charge in [-0.1, -0.05) is 53.1 Å². The molecule has 1 aliphatic rings. The standard InChI is InChI=1S/C23H26NO8P/c1-3-30-23(33-28,31-4-2)32-14-20(21(25)26)24-22(27)29-13-19-17-11-7-5-9-15(17)16-10-6-8-12-18(16)19/h5-12,19-20H,3-4,13-14H2,1-2H3,(H,24,27)(H,25,26)/p+1. The molecule has 0 saturated heterocycles. The van der Waals surface area contributed by atoms with E-state index in [0.717, 1.165) is 22.3 Å². The Balaban J connectivity index is 1.63. The lowest BCUT2D eigenvalue weighted by molar-refractivity contribution is -0.319. The number of benzene rings is 2. The zero-order valence-electron chi connectivity index (χ0n) is 18.4. The van der Waals surface area contributed by atoms with Crippen molar-refractivity contribution < 1.29 is 38.2 Å². The first kappa shape index (κ1) is 24.8. The summed E-state index contributed by atoms with van der Waals surface area (Å²) in [5, 5.41) is 11.8. The molecule has 1 amide bonds. The zero-order valence-corrected chi connectivity index (χ0v) is 19.4. The molecule has 0 radical (unpaired) electrons. The maximum atomic E-state index is 12.4. The topological polar surface area (TPSA) is 120 Å². The molecule has 2 atom stereocenters. The van der Waals surface area contributed by atoms with Crippen LogP contribution in [0.2, 0.25) is 0 Å². The van der Waals surface area contributed by atoms with Gasteiger partial charge in [-0.2, -0.15) is 0 Å². The van der Waals surface area contributed by atoms with Gasteiger partial charge in [-0.3, -0.25) is 14.2 Å². The number of carbonyl (C=O) groups excluding carboxylic acids is 1. The Morgan fingerprint density at radius 1 is 1.00 bits per heavy atom. The van der Waals surface area contributed by atoms with Crippen LogP contribution in [0.1, 0.15) is 30.9 Å². The number of fused-ring (bicyclic) bond motifs is 3. The van der Waals surface area contributed by atoms with E-state index in [2.05, 4.69) is 5.32 Å². The van der Waals surface area contributed by atoms with E-state index in [4.69, 9.17) is 18.9 Å². The molecule has 0 spiro atoms. The molecule has 9 nitrogen and oxygen atoms in total. The highest BCUT2D eigenvalue weighted by molar-refractivity contribution is 7.25. The summed E-state index contributed by atoms with van der Waals surface area (Å²) in [5.74, 6) is -1.51. The van der Waals surface area contributed by atoms with E-state index in [1.807, 2.05) is 48.5 Å². The number of amides is 1. The third-order valence-corrected chi connectivity index (χ3v) is 5.85. The van der Waals surface area contributed by atoms with Crippen LogP contribution in [-0.4, -0.2) is 55.4 Å². The van der Waals surface area contributed by atoms with Crippen molar-refractivity contribution in [3.8, 4) is 11.1 Å². The van der Waals surface area contributed by atoms with Crippen molar-refractivity contribution in [3.05, 3.63) is 59.7 Å². The second kappa shape index (κ2) is 11.3. The summed E-state index contributed by atoms with van der Waals surface area (Å²) in [6.45, 7) is 3.08. The van der Waals surface area contributed by atoms with Crippen molar-refractivity contribution in [2.24, 2.45) is 0 Å². The fourth-order valence-corrected chi connectivity index (χ4v) is 4.29. The minimum absolute atomic E-state index is 0.0385. The molecule has 1 aliphatic carbocycles. The highest BCUT2D eigenvalue weighted by atomic mass is 31.1. The van der Waals surface area contributed by atoms with Gasteiger partial charge in [0.15, 0.2) is 6.04 Å². The number of carboxylic acid groups (broad SMARTS) is 1. The number of carboxylic acids is 1. The minimum Gasteiger partial charge on any atom is -0.480 e. The summed E-state index contributed by atoms with van der Waals surface area (Å²) < 4.78 is 32.8. The molecular weight excluding hydrogens is 449 g/mol. The molecule has 0 heterocycles. The molecule has 2 N–H and O–H groups in total. The van der Waals surface area contributed by atoms with Gasteiger partial charge in [0.1, 0.15) is 6.61 Å². The second-order valence-corrected chi connectivity index (χ2v) is 8.01. The Hall–Kier alpha value is -2.84. The monoisotopic (exact) mass is 476 g/mol. The smallest absolute Gasteiger partial charge is 0.480 e. The number of carbonyl (C=O) groups is 2. The van der Waals surface area contributed by atoms with Crippen molar-refractivity contribution in [1.82, 2.24) is 5.32 Å². The van der Waals surface area contributed by atoms with E-state index in [1.54, 1.807) is 13.8 Å². The van der Waals surface area contributed by atoms with E-state index in [1.165, 1.54) is 0 Å². The first-order valence-corrected chi connectivity index (χ1v) is 11.5. The molecule has 10 heteroatoms. The largest absolute Gasteiger partial charge is 0.496 e. The van der Waals surface area contributed by atoms with Gasteiger partial charge >= 0.3 is 26.2 Å². The van der Waals surface area contributed by atoms with E-state index in [9.17, 15) is 19.3 Å². The summed E-state index contributed by atoms with van der Waals surface area (Å²) >= 11 is 0. The molecule has 0 aromatic heterocycles. The van der Waals surface area contributed by atoms with Gasteiger partial charge in [-0.15, -0.1) is 0 Å². The predicted octanol–water partition coefficient (Wildman–Crippen LogP) is 3.70. The Morgan fingerprint density at radius 2 is 1.55 bits per heavy atom. The van der Waals surface area contributed by atoms with Crippen LogP contribution >= 0.6 is 8.46 Å². The Morgan fingerprint density at radius 3 is 2.03 bits per heavy atom. The van der Waals surface area contributed by atoms with E-state index >= 15 is 0 Å². The zero-order chi connectivity index (χ0) is 23.8. The van der Waals surface area contributed by atoms with Gasteiger partial charge in [-0.25, -0.2) is 9.59 Å².